The Balaban J connectivity index is 4.74. The molecule has 26 heavy (non-hydrogen) atoms. The molecule has 0 bridgehead atoms. The number of nitrogens with two attached hydrogens (primary N) is 5. The minimum atomic E-state index is -0.705. The fourth-order valence-corrected chi connectivity index (χ4v) is 4.10. The minimum absolute atomic E-state index is 0.301. The number of rotatable bonds is 16. The Hall–Kier alpha value is -0.360. The van der Waals surface area contributed by atoms with Crippen LogP contribution in [0.3, 0.4) is 0 Å². The van der Waals surface area contributed by atoms with Crippen molar-refractivity contribution in [2.24, 2.45) is 28.7 Å². The second kappa shape index (κ2) is 16.8. The summed E-state index contributed by atoms with van der Waals surface area (Å²) < 4.78 is 0. The number of hydrogen-bond acceptors (Lipinski definition) is 9. The Morgan fingerprint density at radius 2 is 1.19 bits per heavy atom. The zero-order valence-electron chi connectivity index (χ0n) is 15.6. The molecule has 0 rings (SSSR count). The summed E-state index contributed by atoms with van der Waals surface area (Å²) in [4.78, 5) is 26.6. The van der Waals surface area contributed by atoms with E-state index in [0.29, 0.717) is 44.8 Å². The molecule has 154 valence electrons. The molecule has 0 unspecified atom stereocenters. The van der Waals surface area contributed by atoms with Gasteiger partial charge in [-0.3, -0.25) is 14.5 Å². The third kappa shape index (κ3) is 11.4. The first-order valence-electron chi connectivity index (χ1n) is 9.20. The van der Waals surface area contributed by atoms with E-state index in [1.54, 1.807) is 21.6 Å². The third-order valence-corrected chi connectivity index (χ3v) is 6.21. The van der Waals surface area contributed by atoms with Gasteiger partial charge in [-0.05, 0) is 38.8 Å². The van der Waals surface area contributed by atoms with E-state index in [1.807, 2.05) is 0 Å². The van der Waals surface area contributed by atoms with E-state index in [-0.39, 0.29) is 11.8 Å². The highest BCUT2D eigenvalue weighted by Gasteiger charge is 2.29. The summed E-state index contributed by atoms with van der Waals surface area (Å²) in [7, 11) is 3.20. The maximum absolute atomic E-state index is 12.7. The number of carbonyl (C=O) groups is 2. The van der Waals surface area contributed by atoms with Crippen molar-refractivity contribution in [3.8, 4) is 0 Å². The zero-order chi connectivity index (χ0) is 19.8. The van der Waals surface area contributed by atoms with Gasteiger partial charge in [0.2, 0.25) is 11.8 Å². The van der Waals surface area contributed by atoms with Crippen LogP contribution in [-0.2, 0) is 9.59 Å². The molecule has 0 spiro atoms. The van der Waals surface area contributed by atoms with Gasteiger partial charge in [0, 0.05) is 24.6 Å². The Bertz CT molecular complexity index is 362. The summed E-state index contributed by atoms with van der Waals surface area (Å²) in [6.07, 6.45) is 4.15. The molecular weight excluding hydrogens is 372 g/mol. The van der Waals surface area contributed by atoms with Crippen LogP contribution in [0, 0.1) is 0 Å². The van der Waals surface area contributed by atoms with Crippen molar-refractivity contribution < 1.29 is 9.59 Å². The maximum Gasteiger partial charge on any atom is 0.246 e. The molecule has 0 saturated heterocycles. The first kappa shape index (κ1) is 25.6. The maximum atomic E-state index is 12.7. The fraction of sp³-hybridized carbons (Fsp3) is 0.875. The lowest BCUT2D eigenvalue weighted by atomic mass is 10.1. The summed E-state index contributed by atoms with van der Waals surface area (Å²) in [6, 6.07) is -1.41. The van der Waals surface area contributed by atoms with Crippen LogP contribution in [0.4, 0.5) is 0 Å². The molecule has 10 N–H and O–H groups in total. The van der Waals surface area contributed by atoms with Crippen molar-refractivity contribution in [2.75, 3.05) is 37.7 Å². The summed E-state index contributed by atoms with van der Waals surface area (Å²) in [5, 5.41) is 0. The van der Waals surface area contributed by atoms with Crippen molar-refractivity contribution in [1.82, 2.24) is 4.90 Å². The molecule has 0 aliphatic rings. The molecular formula is C16H36N6O2S2. The predicted octanol–water partition coefficient (Wildman–Crippen LogP) is -0.406. The molecule has 0 aromatic carbocycles. The van der Waals surface area contributed by atoms with Crippen molar-refractivity contribution in [3.05, 3.63) is 0 Å². The van der Waals surface area contributed by atoms with Gasteiger partial charge in [-0.25, -0.2) is 0 Å². The number of hydrogen-bond donors (Lipinski definition) is 5. The molecule has 2 atom stereocenters. The largest absolute Gasteiger partial charge is 0.330 e. The standard InChI is InChI=1S/C16H36N6O2S2/c17-7-3-1-5-13(20)15(23)22(10-12-26-25-11-9-19)16(24)14(21)6-2-4-8-18/h13-14H,1-12,17-21H2/t13-,14-/m0/s1. The number of amides is 2. The Labute approximate surface area is 165 Å². The van der Waals surface area contributed by atoms with Crippen LogP contribution >= 0.6 is 21.6 Å². The monoisotopic (exact) mass is 408 g/mol. The van der Waals surface area contributed by atoms with Crippen LogP contribution in [0.1, 0.15) is 38.5 Å². The smallest absolute Gasteiger partial charge is 0.246 e. The quantitative estimate of drug-likeness (QED) is 0.168. The van der Waals surface area contributed by atoms with Gasteiger partial charge in [0.25, 0.3) is 0 Å². The van der Waals surface area contributed by atoms with Crippen LogP contribution < -0.4 is 28.7 Å². The number of unbranched alkanes of at least 4 members (excludes halogenated alkanes) is 2. The van der Waals surface area contributed by atoms with Crippen molar-refractivity contribution in [1.29, 1.82) is 0 Å². The molecule has 0 radical (unpaired) electrons. The zero-order valence-corrected chi connectivity index (χ0v) is 17.2. The van der Waals surface area contributed by atoms with Gasteiger partial charge < -0.3 is 28.7 Å². The second-order valence-electron chi connectivity index (χ2n) is 6.04. The van der Waals surface area contributed by atoms with Gasteiger partial charge in [-0.1, -0.05) is 34.4 Å². The molecule has 8 nitrogen and oxygen atoms in total. The highest BCUT2D eigenvalue weighted by molar-refractivity contribution is 8.76. The number of nitrogens with zero attached hydrogens (tertiary/aromatic N) is 1. The average molecular weight is 409 g/mol. The fourth-order valence-electron chi connectivity index (χ4n) is 2.29. The molecule has 10 heteroatoms. The average Bonchev–Trinajstić information content (AvgIpc) is 2.64. The van der Waals surface area contributed by atoms with Crippen LogP contribution in [-0.4, -0.2) is 66.5 Å². The first-order valence-corrected chi connectivity index (χ1v) is 11.7. The van der Waals surface area contributed by atoms with Gasteiger partial charge in [0.1, 0.15) is 0 Å². The van der Waals surface area contributed by atoms with E-state index < -0.39 is 12.1 Å². The highest BCUT2D eigenvalue weighted by Crippen LogP contribution is 2.20. The van der Waals surface area contributed by atoms with E-state index in [4.69, 9.17) is 28.7 Å². The highest BCUT2D eigenvalue weighted by atomic mass is 33.1. The van der Waals surface area contributed by atoms with Crippen LogP contribution in [0.2, 0.25) is 0 Å². The summed E-state index contributed by atoms with van der Waals surface area (Å²) in [5.41, 5.74) is 28.4. The van der Waals surface area contributed by atoms with Gasteiger partial charge in [-0.2, -0.15) is 0 Å². The van der Waals surface area contributed by atoms with Gasteiger partial charge in [0.05, 0.1) is 12.1 Å². The molecule has 0 saturated carbocycles. The van der Waals surface area contributed by atoms with Gasteiger partial charge in [0.15, 0.2) is 0 Å². The molecule has 0 aliphatic heterocycles. The van der Waals surface area contributed by atoms with E-state index in [1.165, 1.54) is 4.90 Å². The normalized spacial score (nSPS) is 13.4. The summed E-state index contributed by atoms with van der Waals surface area (Å²) in [6.45, 7) is 2.02. The van der Waals surface area contributed by atoms with Gasteiger partial charge >= 0.3 is 0 Å². The van der Waals surface area contributed by atoms with Crippen LogP contribution in [0.15, 0.2) is 0 Å². The Morgan fingerprint density at radius 1 is 0.731 bits per heavy atom. The Kier molecular flexibility index (Phi) is 16.6. The lowest BCUT2D eigenvalue weighted by Gasteiger charge is -2.26. The summed E-state index contributed by atoms with van der Waals surface area (Å²) in [5.74, 6) is 0.730. The topological polar surface area (TPSA) is 167 Å². The molecule has 0 aromatic rings. The van der Waals surface area contributed by atoms with E-state index in [9.17, 15) is 9.59 Å². The van der Waals surface area contributed by atoms with E-state index >= 15 is 0 Å². The summed E-state index contributed by atoms with van der Waals surface area (Å²) >= 11 is 0. The lowest BCUT2D eigenvalue weighted by molar-refractivity contribution is -0.146. The first-order chi connectivity index (χ1) is 12.5. The van der Waals surface area contributed by atoms with Crippen molar-refractivity contribution >= 4 is 33.4 Å². The third-order valence-electron chi connectivity index (χ3n) is 3.79. The van der Waals surface area contributed by atoms with E-state index in [2.05, 4.69) is 0 Å². The molecule has 0 fully saturated rings. The minimum Gasteiger partial charge on any atom is -0.330 e. The predicted molar refractivity (Wildman–Crippen MR) is 112 cm³/mol. The molecule has 0 aromatic heterocycles. The van der Waals surface area contributed by atoms with Crippen LogP contribution in [0.5, 0.6) is 0 Å². The SMILES string of the molecule is NCCCC[C@H](N)C(=O)N(CCSSCCN)C(=O)[C@@H](N)CCCCN. The number of carbonyl (C=O) groups excluding carboxylic acids is 2. The second-order valence-corrected chi connectivity index (χ2v) is 8.74. The van der Waals surface area contributed by atoms with Crippen molar-refractivity contribution in [3.63, 3.8) is 0 Å². The number of imide groups is 1. The van der Waals surface area contributed by atoms with Crippen LogP contribution in [0.25, 0.3) is 0 Å². The van der Waals surface area contributed by atoms with E-state index in [0.717, 1.165) is 31.4 Å². The van der Waals surface area contributed by atoms with Gasteiger partial charge in [-0.15, -0.1) is 0 Å². The molecule has 0 heterocycles. The molecule has 2 amide bonds. The van der Waals surface area contributed by atoms with Crippen molar-refractivity contribution in [2.45, 2.75) is 50.6 Å². The lowest BCUT2D eigenvalue weighted by Crippen LogP contribution is -2.52. The molecule has 0 aliphatic carbocycles. The Morgan fingerprint density at radius 3 is 1.62 bits per heavy atom.